The van der Waals surface area contributed by atoms with Crippen molar-refractivity contribution in [1.29, 1.82) is 5.41 Å². The Morgan fingerprint density at radius 2 is 1.52 bits per heavy atom. The number of carbonyl (C=O) groups is 1. The van der Waals surface area contributed by atoms with Crippen molar-refractivity contribution in [2.45, 2.75) is 12.5 Å². The summed E-state index contributed by atoms with van der Waals surface area (Å²) in [5, 5.41) is 17.8. The number of nitrogens with zero attached hydrogens (tertiary/aromatic N) is 1. The third-order valence-corrected chi connectivity index (χ3v) is 6.12. The highest BCUT2D eigenvalue weighted by atomic mass is 79.9. The van der Waals surface area contributed by atoms with Crippen molar-refractivity contribution in [3.05, 3.63) is 94.5 Å². The standard InChI is InChI=1S/C25H24BrN5OS/c26-19-9-13-21(14-10-19)29-25(33)30-22(17-5-2-1-3-6-17)24(32)28-20-11-7-18(8-12-20)23(27)31-15-4-16-31/h1-3,5-14,22,27H,4,15-16H2,(H,28,32)(H2,29,30,33). The molecule has 1 aliphatic heterocycles. The number of carbonyl (C=O) groups excluding carboxylic acids is 1. The van der Waals surface area contributed by atoms with Crippen molar-refractivity contribution in [2.75, 3.05) is 23.7 Å². The fourth-order valence-electron chi connectivity index (χ4n) is 3.43. The molecule has 168 valence electrons. The Kier molecular flexibility index (Phi) is 7.36. The SMILES string of the molecule is N=C(c1ccc(NC(=O)C(NC(=S)Nc2ccc(Br)cc2)c2ccccc2)cc1)N1CCC1. The third kappa shape index (κ3) is 5.97. The summed E-state index contributed by atoms with van der Waals surface area (Å²) in [6, 6.07) is 23.8. The summed E-state index contributed by atoms with van der Waals surface area (Å²) in [7, 11) is 0. The van der Waals surface area contributed by atoms with Crippen LogP contribution in [-0.4, -0.2) is 34.8 Å². The van der Waals surface area contributed by atoms with Crippen molar-refractivity contribution >= 4 is 56.4 Å². The lowest BCUT2D eigenvalue weighted by atomic mass is 10.1. The Morgan fingerprint density at radius 1 is 0.909 bits per heavy atom. The van der Waals surface area contributed by atoms with Crippen LogP contribution in [0.15, 0.2) is 83.3 Å². The van der Waals surface area contributed by atoms with Crippen LogP contribution in [0.1, 0.15) is 23.6 Å². The van der Waals surface area contributed by atoms with Crippen molar-refractivity contribution < 1.29 is 4.79 Å². The first-order chi connectivity index (χ1) is 16.0. The zero-order chi connectivity index (χ0) is 23.2. The van der Waals surface area contributed by atoms with Gasteiger partial charge in [0.1, 0.15) is 11.9 Å². The molecule has 3 aromatic carbocycles. The van der Waals surface area contributed by atoms with E-state index in [1.54, 1.807) is 0 Å². The molecule has 0 saturated carbocycles. The number of thiocarbonyl (C=S) groups is 1. The average Bonchev–Trinajstić information content (AvgIpc) is 2.79. The molecule has 0 spiro atoms. The maximum atomic E-state index is 13.2. The first-order valence-electron chi connectivity index (χ1n) is 10.6. The molecule has 1 heterocycles. The maximum Gasteiger partial charge on any atom is 0.251 e. The van der Waals surface area contributed by atoms with Gasteiger partial charge in [0.15, 0.2) is 5.11 Å². The molecule has 4 rings (SSSR count). The van der Waals surface area contributed by atoms with Gasteiger partial charge < -0.3 is 20.9 Å². The van der Waals surface area contributed by atoms with Crippen LogP contribution in [0.2, 0.25) is 0 Å². The molecular formula is C25H24BrN5OS. The molecule has 0 radical (unpaired) electrons. The van der Waals surface area contributed by atoms with E-state index in [2.05, 4.69) is 31.9 Å². The molecule has 3 aromatic rings. The Hall–Kier alpha value is -3.23. The van der Waals surface area contributed by atoms with Gasteiger partial charge in [-0.2, -0.15) is 0 Å². The molecule has 4 N–H and O–H groups in total. The second kappa shape index (κ2) is 10.6. The molecule has 0 bridgehead atoms. The van der Waals surface area contributed by atoms with Crippen LogP contribution < -0.4 is 16.0 Å². The number of benzene rings is 3. The summed E-state index contributed by atoms with van der Waals surface area (Å²) in [6.45, 7) is 1.85. The number of hydrogen-bond donors (Lipinski definition) is 4. The molecule has 1 atom stereocenters. The fraction of sp³-hybridized carbons (Fsp3) is 0.160. The van der Waals surface area contributed by atoms with Crippen LogP contribution >= 0.6 is 28.1 Å². The van der Waals surface area contributed by atoms with Gasteiger partial charge in [0.05, 0.1) is 0 Å². The lowest BCUT2D eigenvalue weighted by molar-refractivity contribution is -0.117. The van der Waals surface area contributed by atoms with E-state index in [0.717, 1.165) is 40.8 Å². The van der Waals surface area contributed by atoms with Crippen LogP contribution in [-0.2, 0) is 4.79 Å². The number of anilines is 2. The number of rotatable bonds is 6. The topological polar surface area (TPSA) is 80.2 Å². The zero-order valence-corrected chi connectivity index (χ0v) is 20.2. The number of amides is 1. The van der Waals surface area contributed by atoms with E-state index in [9.17, 15) is 4.79 Å². The van der Waals surface area contributed by atoms with Crippen LogP contribution in [0.3, 0.4) is 0 Å². The monoisotopic (exact) mass is 521 g/mol. The van der Waals surface area contributed by atoms with Gasteiger partial charge in [-0.15, -0.1) is 0 Å². The second-order valence-electron chi connectivity index (χ2n) is 7.70. The minimum absolute atomic E-state index is 0.230. The second-order valence-corrected chi connectivity index (χ2v) is 9.03. The third-order valence-electron chi connectivity index (χ3n) is 5.37. The Morgan fingerprint density at radius 3 is 2.12 bits per heavy atom. The van der Waals surface area contributed by atoms with E-state index in [4.69, 9.17) is 17.6 Å². The van der Waals surface area contributed by atoms with Crippen LogP contribution in [0.4, 0.5) is 11.4 Å². The minimum Gasteiger partial charge on any atom is -0.356 e. The van der Waals surface area contributed by atoms with E-state index < -0.39 is 6.04 Å². The lowest BCUT2D eigenvalue weighted by Crippen LogP contribution is -2.42. The van der Waals surface area contributed by atoms with E-state index >= 15 is 0 Å². The van der Waals surface area contributed by atoms with Crippen molar-refractivity contribution in [3.63, 3.8) is 0 Å². The van der Waals surface area contributed by atoms with Gasteiger partial charge in [0.2, 0.25) is 0 Å². The Bertz CT molecular complexity index is 1130. The first-order valence-corrected chi connectivity index (χ1v) is 11.8. The van der Waals surface area contributed by atoms with Crippen molar-refractivity contribution in [1.82, 2.24) is 10.2 Å². The average molecular weight is 522 g/mol. The summed E-state index contributed by atoms with van der Waals surface area (Å²) in [6.07, 6.45) is 1.13. The number of halogens is 1. The largest absolute Gasteiger partial charge is 0.356 e. The molecule has 1 amide bonds. The first kappa shape index (κ1) is 22.9. The molecular weight excluding hydrogens is 498 g/mol. The fourth-order valence-corrected chi connectivity index (χ4v) is 3.93. The van der Waals surface area contributed by atoms with Gasteiger partial charge in [-0.1, -0.05) is 46.3 Å². The number of nitrogens with one attached hydrogen (secondary N) is 4. The number of hydrogen-bond acceptors (Lipinski definition) is 3. The number of amidine groups is 1. The molecule has 8 heteroatoms. The predicted octanol–water partition coefficient (Wildman–Crippen LogP) is 5.15. The molecule has 1 unspecified atom stereocenters. The van der Waals surface area contributed by atoms with Crippen molar-refractivity contribution in [2.24, 2.45) is 0 Å². The Balaban J connectivity index is 1.45. The van der Waals surface area contributed by atoms with Gasteiger partial charge in [-0.3, -0.25) is 10.2 Å². The van der Waals surface area contributed by atoms with E-state index in [-0.39, 0.29) is 5.91 Å². The normalized spacial score (nSPS) is 13.4. The van der Waals surface area contributed by atoms with Gasteiger partial charge in [-0.05, 0) is 72.7 Å². The maximum absolute atomic E-state index is 13.2. The van der Waals surface area contributed by atoms with E-state index in [0.29, 0.717) is 16.6 Å². The summed E-state index contributed by atoms with van der Waals surface area (Å²) >= 11 is 8.89. The van der Waals surface area contributed by atoms with Crippen LogP contribution in [0, 0.1) is 5.41 Å². The minimum atomic E-state index is -0.680. The van der Waals surface area contributed by atoms with Gasteiger partial charge in [0.25, 0.3) is 5.91 Å². The molecule has 0 aromatic heterocycles. The molecule has 0 aliphatic carbocycles. The molecule has 6 nitrogen and oxygen atoms in total. The van der Waals surface area contributed by atoms with Crippen molar-refractivity contribution in [3.8, 4) is 0 Å². The summed E-state index contributed by atoms with van der Waals surface area (Å²) in [5.74, 6) is 0.291. The summed E-state index contributed by atoms with van der Waals surface area (Å²) in [4.78, 5) is 15.2. The quantitative estimate of drug-likeness (QED) is 0.205. The molecule has 1 aliphatic rings. The van der Waals surface area contributed by atoms with E-state index in [1.807, 2.05) is 83.8 Å². The van der Waals surface area contributed by atoms with Crippen LogP contribution in [0.25, 0.3) is 0 Å². The highest BCUT2D eigenvalue weighted by Crippen LogP contribution is 2.19. The van der Waals surface area contributed by atoms with E-state index in [1.165, 1.54) is 0 Å². The van der Waals surface area contributed by atoms with Gasteiger partial charge in [0, 0.05) is 34.5 Å². The zero-order valence-electron chi connectivity index (χ0n) is 17.8. The summed E-state index contributed by atoms with van der Waals surface area (Å²) < 4.78 is 0.972. The molecule has 1 fully saturated rings. The van der Waals surface area contributed by atoms with Gasteiger partial charge >= 0.3 is 0 Å². The highest BCUT2D eigenvalue weighted by molar-refractivity contribution is 9.10. The Labute approximate surface area is 207 Å². The molecule has 1 saturated heterocycles. The highest BCUT2D eigenvalue weighted by Gasteiger charge is 2.22. The molecule has 33 heavy (non-hydrogen) atoms. The lowest BCUT2D eigenvalue weighted by Gasteiger charge is -2.33. The van der Waals surface area contributed by atoms with Crippen LogP contribution in [0.5, 0.6) is 0 Å². The number of likely N-dealkylation sites (tertiary alicyclic amines) is 1. The van der Waals surface area contributed by atoms with Gasteiger partial charge in [-0.25, -0.2) is 0 Å². The predicted molar refractivity (Wildman–Crippen MR) is 141 cm³/mol. The summed E-state index contributed by atoms with van der Waals surface area (Å²) in [5.41, 5.74) is 3.12. The smallest absolute Gasteiger partial charge is 0.251 e.